The van der Waals surface area contributed by atoms with Gasteiger partial charge in [0.15, 0.2) is 0 Å². The van der Waals surface area contributed by atoms with E-state index in [0.717, 1.165) is 0 Å². The first-order valence-corrected chi connectivity index (χ1v) is 0.651. The van der Waals surface area contributed by atoms with Gasteiger partial charge in [-0.1, -0.05) is 0 Å². The van der Waals surface area contributed by atoms with E-state index in [1.54, 1.807) is 0 Å². The molecule has 0 aromatic carbocycles. The molecule has 2 N–H and O–H groups in total. The molecule has 0 heterocycles. The van der Waals surface area contributed by atoms with Crippen molar-refractivity contribution >= 4 is 6.16 Å². The first kappa shape index (κ1) is 15.7. The third-order valence-corrected chi connectivity index (χ3v) is 0. The quantitative estimate of drug-likeness (QED) is 0.441. The normalized spacial score (nSPS) is 4.00. The van der Waals surface area contributed by atoms with Crippen LogP contribution in [0.2, 0.25) is 0 Å². The van der Waals surface area contributed by atoms with Gasteiger partial charge in [-0.2, -0.15) is 0 Å². The van der Waals surface area contributed by atoms with Crippen LogP contribution in [0.3, 0.4) is 0 Å². The Morgan fingerprint density at radius 3 is 1.33 bits per heavy atom. The molecule has 32 valence electrons. The summed E-state index contributed by atoms with van der Waals surface area (Å²) in [5.74, 6) is 0. The molecular formula is C2H5CsO3. The van der Waals surface area contributed by atoms with Crippen LogP contribution in [0.15, 0.2) is 0 Å². The van der Waals surface area contributed by atoms with E-state index in [9.17, 15) is 0 Å². The largest absolute Gasteiger partial charge is 1.00 e. The van der Waals surface area contributed by atoms with Crippen LogP contribution in [0, 0.1) is 7.43 Å². The van der Waals surface area contributed by atoms with Gasteiger partial charge < -0.3 is 17.6 Å². The van der Waals surface area contributed by atoms with E-state index in [2.05, 4.69) is 0 Å². The van der Waals surface area contributed by atoms with Crippen molar-refractivity contribution in [3.05, 3.63) is 7.43 Å². The van der Waals surface area contributed by atoms with Crippen molar-refractivity contribution in [1.82, 2.24) is 0 Å². The van der Waals surface area contributed by atoms with E-state index >= 15 is 0 Å². The fraction of sp³-hybridized carbons (Fsp3) is 0. The van der Waals surface area contributed by atoms with Crippen molar-refractivity contribution in [3.8, 4) is 0 Å². The second-order valence-electron chi connectivity index (χ2n) is 0.283. The standard InChI is InChI=1S/CH2O3.CH3.Cs/c2-1(3)4;;/h(H2,2,3,4);1H3;/q;-1;+1. The minimum atomic E-state index is -1.83. The minimum Gasteiger partial charge on any atom is -0.450 e. The smallest absolute Gasteiger partial charge is 0.450 e. The van der Waals surface area contributed by atoms with E-state index in [0.29, 0.717) is 0 Å². The zero-order chi connectivity index (χ0) is 3.58. The van der Waals surface area contributed by atoms with Gasteiger partial charge in [0.25, 0.3) is 0 Å². The van der Waals surface area contributed by atoms with Gasteiger partial charge in [-0.15, -0.1) is 0 Å². The zero-order valence-electron chi connectivity index (χ0n) is 3.80. The number of hydrogen-bond donors (Lipinski definition) is 2. The molecule has 0 atom stereocenters. The molecule has 0 aliphatic rings. The van der Waals surface area contributed by atoms with Crippen LogP contribution >= 0.6 is 0 Å². The van der Waals surface area contributed by atoms with Crippen molar-refractivity contribution < 1.29 is 83.9 Å². The summed E-state index contributed by atoms with van der Waals surface area (Å²) in [5.41, 5.74) is 0. The van der Waals surface area contributed by atoms with Crippen molar-refractivity contribution in [2.24, 2.45) is 0 Å². The van der Waals surface area contributed by atoms with Crippen LogP contribution in [0.4, 0.5) is 4.79 Å². The van der Waals surface area contributed by atoms with E-state index in [1.165, 1.54) is 0 Å². The van der Waals surface area contributed by atoms with Crippen LogP contribution in [0.5, 0.6) is 0 Å². The summed E-state index contributed by atoms with van der Waals surface area (Å²) >= 11 is 0. The van der Waals surface area contributed by atoms with E-state index < -0.39 is 6.16 Å². The van der Waals surface area contributed by atoms with Gasteiger partial charge >= 0.3 is 75.0 Å². The Morgan fingerprint density at radius 1 is 1.33 bits per heavy atom. The maximum atomic E-state index is 8.56. The maximum Gasteiger partial charge on any atom is 1.00 e. The predicted molar refractivity (Wildman–Crippen MR) is 17.1 cm³/mol. The Morgan fingerprint density at radius 2 is 1.33 bits per heavy atom. The molecule has 0 aromatic heterocycles. The fourth-order valence-electron chi connectivity index (χ4n) is 0. The minimum absolute atomic E-state index is 0. The summed E-state index contributed by atoms with van der Waals surface area (Å²) < 4.78 is 0. The van der Waals surface area contributed by atoms with Gasteiger partial charge in [0, 0.05) is 0 Å². The van der Waals surface area contributed by atoms with Crippen LogP contribution in [-0.4, -0.2) is 16.4 Å². The molecule has 0 rings (SSSR count). The SMILES string of the molecule is O=C(O)O.[CH3-].[Cs+]. The predicted octanol–water partition coefficient (Wildman–Crippen LogP) is -2.32. The van der Waals surface area contributed by atoms with Crippen molar-refractivity contribution in [2.75, 3.05) is 0 Å². The summed E-state index contributed by atoms with van der Waals surface area (Å²) in [6.07, 6.45) is -1.83. The van der Waals surface area contributed by atoms with Gasteiger partial charge in [-0.3, -0.25) is 0 Å². The van der Waals surface area contributed by atoms with E-state index in [1.807, 2.05) is 0 Å². The summed E-state index contributed by atoms with van der Waals surface area (Å²) in [4.78, 5) is 8.56. The monoisotopic (exact) mass is 210 g/mol. The fourth-order valence-corrected chi connectivity index (χ4v) is 0. The van der Waals surface area contributed by atoms with Crippen LogP contribution < -0.4 is 68.9 Å². The third-order valence-electron chi connectivity index (χ3n) is 0. The van der Waals surface area contributed by atoms with Crippen molar-refractivity contribution in [2.45, 2.75) is 0 Å². The molecule has 0 radical (unpaired) electrons. The second-order valence-corrected chi connectivity index (χ2v) is 0.283. The molecule has 0 aliphatic carbocycles. The van der Waals surface area contributed by atoms with Gasteiger partial charge in [0.05, 0.1) is 0 Å². The van der Waals surface area contributed by atoms with Gasteiger partial charge in [-0.05, 0) is 0 Å². The van der Waals surface area contributed by atoms with Crippen LogP contribution in [-0.2, 0) is 0 Å². The number of hydrogen-bond acceptors (Lipinski definition) is 1. The van der Waals surface area contributed by atoms with Gasteiger partial charge in [0.2, 0.25) is 0 Å². The molecule has 0 bridgehead atoms. The molecule has 3 nitrogen and oxygen atoms in total. The summed E-state index contributed by atoms with van der Waals surface area (Å²) in [6.45, 7) is 0. The van der Waals surface area contributed by atoms with Gasteiger partial charge in [0.1, 0.15) is 0 Å². The van der Waals surface area contributed by atoms with Gasteiger partial charge in [-0.25, -0.2) is 4.79 Å². The van der Waals surface area contributed by atoms with Crippen LogP contribution in [0.25, 0.3) is 0 Å². The Balaban J connectivity index is -0.0000000450. The topological polar surface area (TPSA) is 57.5 Å². The first-order valence-electron chi connectivity index (χ1n) is 0.651. The summed E-state index contributed by atoms with van der Waals surface area (Å²) in [5, 5.41) is 13.9. The molecule has 0 saturated heterocycles. The molecular weight excluding hydrogens is 205 g/mol. The summed E-state index contributed by atoms with van der Waals surface area (Å²) in [6, 6.07) is 0. The Hall–Kier alpha value is 1.32. The molecule has 0 aliphatic heterocycles. The van der Waals surface area contributed by atoms with Crippen LogP contribution in [0.1, 0.15) is 0 Å². The summed E-state index contributed by atoms with van der Waals surface area (Å²) in [7, 11) is 0. The Bertz CT molecular complexity index is 31.8. The molecule has 0 spiro atoms. The molecule has 0 unspecified atom stereocenters. The molecule has 4 heteroatoms. The third kappa shape index (κ3) is 56.9. The molecule has 6 heavy (non-hydrogen) atoms. The first-order chi connectivity index (χ1) is 1.73. The Kier molecular flexibility index (Phi) is 25.0. The van der Waals surface area contributed by atoms with E-state index in [4.69, 9.17) is 15.0 Å². The average Bonchev–Trinajstić information content (AvgIpc) is 0.811. The number of carboxylic acid groups (broad SMARTS) is 2. The molecule has 0 aromatic rings. The number of rotatable bonds is 0. The maximum absolute atomic E-state index is 8.56. The van der Waals surface area contributed by atoms with E-state index in [-0.39, 0.29) is 76.3 Å². The number of carbonyl (C=O) groups is 1. The van der Waals surface area contributed by atoms with Crippen molar-refractivity contribution in [3.63, 3.8) is 0 Å². The Labute approximate surface area is 95.2 Å². The average molecular weight is 210 g/mol. The molecule has 0 saturated carbocycles. The zero-order valence-corrected chi connectivity index (χ0v) is 10.1. The molecule has 0 fully saturated rings. The molecule has 0 amide bonds. The van der Waals surface area contributed by atoms with Crippen molar-refractivity contribution in [1.29, 1.82) is 0 Å². The second kappa shape index (κ2) is 9.59.